The third-order valence-electron chi connectivity index (χ3n) is 3.90. The number of nitrogens with two attached hydrogens (primary N) is 1. The van der Waals surface area contributed by atoms with Crippen LogP contribution in [-0.2, 0) is 9.53 Å². The summed E-state index contributed by atoms with van der Waals surface area (Å²) in [6.07, 6.45) is 9.06. The van der Waals surface area contributed by atoms with Crippen molar-refractivity contribution in [1.82, 2.24) is 0 Å². The number of rotatable bonds is 12. The smallest absolute Gasteiger partial charge is 0.225 e. The normalized spacial score (nSPS) is 11.7. The molecule has 0 aliphatic carbocycles. The van der Waals surface area contributed by atoms with Crippen LogP contribution in [0.15, 0.2) is 0 Å². The Balaban J connectivity index is 3.65. The van der Waals surface area contributed by atoms with Gasteiger partial charge in [0.25, 0.3) is 0 Å². The molecule has 0 heterocycles. The first kappa shape index (κ1) is 17.4. The van der Waals surface area contributed by atoms with E-state index in [9.17, 15) is 4.79 Å². The summed E-state index contributed by atoms with van der Waals surface area (Å²) in [7, 11) is 0. The van der Waals surface area contributed by atoms with E-state index < -0.39 is 5.41 Å². The fourth-order valence-electron chi connectivity index (χ4n) is 2.13. The maximum atomic E-state index is 11.5. The molecular weight excluding hydrogens is 226 g/mol. The van der Waals surface area contributed by atoms with Gasteiger partial charge in [0.15, 0.2) is 0 Å². The molecule has 0 rings (SSSR count). The third kappa shape index (κ3) is 6.39. The molecule has 0 radical (unpaired) electrons. The second kappa shape index (κ2) is 10.4. The predicted molar refractivity (Wildman–Crippen MR) is 76.4 cm³/mol. The highest BCUT2D eigenvalue weighted by atomic mass is 16.5. The first-order valence-electron chi connectivity index (χ1n) is 7.50. The van der Waals surface area contributed by atoms with Gasteiger partial charge in [0.05, 0.1) is 12.0 Å². The van der Waals surface area contributed by atoms with Gasteiger partial charge >= 0.3 is 0 Å². The largest absolute Gasteiger partial charge is 0.380 e. The van der Waals surface area contributed by atoms with Crippen molar-refractivity contribution in [3.8, 4) is 0 Å². The fourth-order valence-corrected chi connectivity index (χ4v) is 2.13. The number of carbonyl (C=O) groups is 1. The Bertz CT molecular complexity index is 213. The van der Waals surface area contributed by atoms with Crippen LogP contribution >= 0.6 is 0 Å². The quantitative estimate of drug-likeness (QED) is 0.542. The van der Waals surface area contributed by atoms with E-state index in [1.807, 2.05) is 13.8 Å². The molecule has 1 amide bonds. The number of hydrogen-bond donors (Lipinski definition) is 1. The van der Waals surface area contributed by atoms with Crippen LogP contribution in [0.25, 0.3) is 0 Å². The molecule has 0 aromatic heterocycles. The second-order valence-corrected chi connectivity index (χ2v) is 5.17. The minimum absolute atomic E-state index is 0.226. The summed E-state index contributed by atoms with van der Waals surface area (Å²) in [5.41, 5.74) is 5.01. The predicted octanol–water partition coefficient (Wildman–Crippen LogP) is 3.66. The van der Waals surface area contributed by atoms with Crippen molar-refractivity contribution < 1.29 is 9.53 Å². The average molecular weight is 257 g/mol. The Hall–Kier alpha value is -0.570. The van der Waals surface area contributed by atoms with Crippen molar-refractivity contribution in [2.45, 2.75) is 72.1 Å². The van der Waals surface area contributed by atoms with Crippen LogP contribution in [0.4, 0.5) is 0 Å². The average Bonchev–Trinajstić information content (AvgIpc) is 2.37. The summed E-state index contributed by atoms with van der Waals surface area (Å²) < 4.78 is 5.65. The molecule has 0 saturated heterocycles. The number of carbonyl (C=O) groups excluding carboxylic acids is 1. The summed E-state index contributed by atoms with van der Waals surface area (Å²) in [4.78, 5) is 11.5. The Morgan fingerprint density at radius 3 is 2.06 bits per heavy atom. The Morgan fingerprint density at radius 1 is 1.00 bits per heavy atom. The zero-order valence-electron chi connectivity index (χ0n) is 12.5. The van der Waals surface area contributed by atoms with Crippen molar-refractivity contribution in [2.75, 3.05) is 13.2 Å². The van der Waals surface area contributed by atoms with Gasteiger partial charge in [-0.05, 0) is 19.3 Å². The highest BCUT2D eigenvalue weighted by Gasteiger charge is 2.32. The van der Waals surface area contributed by atoms with Crippen LogP contribution in [0.2, 0.25) is 0 Å². The highest BCUT2D eigenvalue weighted by Crippen LogP contribution is 2.26. The molecule has 0 bridgehead atoms. The van der Waals surface area contributed by atoms with Gasteiger partial charge in [0.2, 0.25) is 5.91 Å². The van der Waals surface area contributed by atoms with Gasteiger partial charge in [-0.2, -0.15) is 0 Å². The molecule has 0 atom stereocenters. The number of unbranched alkanes of at least 4 members (excludes halogenated alkanes) is 5. The highest BCUT2D eigenvalue weighted by molar-refractivity contribution is 5.80. The standard InChI is InChI=1S/C15H31NO2/c1-4-7-8-9-10-11-12-18-13-15(5-2,6-3)14(16)17/h4-13H2,1-3H3,(H2,16,17). The lowest BCUT2D eigenvalue weighted by Crippen LogP contribution is -2.40. The summed E-state index contributed by atoms with van der Waals surface area (Å²) in [6.45, 7) is 7.46. The minimum Gasteiger partial charge on any atom is -0.380 e. The number of primary amides is 1. The third-order valence-corrected chi connectivity index (χ3v) is 3.90. The van der Waals surface area contributed by atoms with Gasteiger partial charge in [-0.15, -0.1) is 0 Å². The molecule has 0 saturated carbocycles. The monoisotopic (exact) mass is 257 g/mol. The molecular formula is C15H31NO2. The van der Waals surface area contributed by atoms with E-state index in [2.05, 4.69) is 6.92 Å². The molecule has 0 aliphatic heterocycles. The lowest BCUT2D eigenvalue weighted by molar-refractivity contribution is -0.132. The summed E-state index contributed by atoms with van der Waals surface area (Å²) in [6, 6.07) is 0. The van der Waals surface area contributed by atoms with Gasteiger partial charge in [-0.25, -0.2) is 0 Å². The van der Waals surface area contributed by atoms with E-state index in [0.717, 1.165) is 25.9 Å². The summed E-state index contributed by atoms with van der Waals surface area (Å²) >= 11 is 0. The van der Waals surface area contributed by atoms with Gasteiger partial charge in [0.1, 0.15) is 0 Å². The lowest BCUT2D eigenvalue weighted by atomic mass is 9.82. The number of hydrogen-bond acceptors (Lipinski definition) is 2. The first-order valence-corrected chi connectivity index (χ1v) is 7.50. The molecule has 0 aliphatic rings. The van der Waals surface area contributed by atoms with Crippen molar-refractivity contribution in [3.63, 3.8) is 0 Å². The van der Waals surface area contributed by atoms with Crippen LogP contribution in [0, 0.1) is 5.41 Å². The Labute approximate surface area is 112 Å². The number of ether oxygens (including phenoxy) is 1. The van der Waals surface area contributed by atoms with E-state index in [1.54, 1.807) is 0 Å². The zero-order valence-corrected chi connectivity index (χ0v) is 12.5. The molecule has 3 nitrogen and oxygen atoms in total. The SMILES string of the molecule is CCCCCCCCOCC(CC)(CC)C(N)=O. The molecule has 2 N–H and O–H groups in total. The van der Waals surface area contributed by atoms with E-state index in [-0.39, 0.29) is 5.91 Å². The van der Waals surface area contributed by atoms with E-state index in [4.69, 9.17) is 10.5 Å². The molecule has 0 aromatic carbocycles. The van der Waals surface area contributed by atoms with Crippen LogP contribution in [-0.4, -0.2) is 19.1 Å². The van der Waals surface area contributed by atoms with Gasteiger partial charge in [-0.3, -0.25) is 4.79 Å². The van der Waals surface area contributed by atoms with Crippen LogP contribution in [0.5, 0.6) is 0 Å². The molecule has 0 aromatic rings. The molecule has 3 heteroatoms. The molecule has 0 unspecified atom stereocenters. The summed E-state index contributed by atoms with van der Waals surface area (Å²) in [5, 5.41) is 0. The lowest BCUT2D eigenvalue weighted by Gasteiger charge is -2.27. The molecule has 0 fully saturated rings. The van der Waals surface area contributed by atoms with Gasteiger partial charge < -0.3 is 10.5 Å². The van der Waals surface area contributed by atoms with Crippen LogP contribution in [0.1, 0.15) is 72.1 Å². The number of amides is 1. The molecule has 108 valence electrons. The van der Waals surface area contributed by atoms with E-state index in [1.165, 1.54) is 32.1 Å². The van der Waals surface area contributed by atoms with Gasteiger partial charge in [0, 0.05) is 6.61 Å². The maximum absolute atomic E-state index is 11.5. The fraction of sp³-hybridized carbons (Fsp3) is 0.933. The molecule has 18 heavy (non-hydrogen) atoms. The van der Waals surface area contributed by atoms with Crippen LogP contribution in [0.3, 0.4) is 0 Å². The van der Waals surface area contributed by atoms with E-state index in [0.29, 0.717) is 6.61 Å². The maximum Gasteiger partial charge on any atom is 0.225 e. The summed E-state index contributed by atoms with van der Waals surface area (Å²) in [5.74, 6) is -0.226. The zero-order chi connectivity index (χ0) is 13.9. The van der Waals surface area contributed by atoms with Crippen molar-refractivity contribution in [3.05, 3.63) is 0 Å². The van der Waals surface area contributed by atoms with Crippen molar-refractivity contribution in [2.24, 2.45) is 11.1 Å². The van der Waals surface area contributed by atoms with Crippen molar-refractivity contribution >= 4 is 5.91 Å². The Morgan fingerprint density at radius 2 is 1.56 bits per heavy atom. The van der Waals surface area contributed by atoms with Gasteiger partial charge in [-0.1, -0.05) is 52.9 Å². The van der Waals surface area contributed by atoms with E-state index >= 15 is 0 Å². The first-order chi connectivity index (χ1) is 8.63. The topological polar surface area (TPSA) is 52.3 Å². The van der Waals surface area contributed by atoms with Crippen molar-refractivity contribution in [1.29, 1.82) is 0 Å². The second-order valence-electron chi connectivity index (χ2n) is 5.17. The molecule has 0 spiro atoms. The minimum atomic E-state index is -0.456. The van der Waals surface area contributed by atoms with Crippen LogP contribution < -0.4 is 5.73 Å². The Kier molecular flexibility index (Phi) is 10.0.